The second-order valence-electron chi connectivity index (χ2n) is 12.2. The van der Waals surface area contributed by atoms with Gasteiger partial charge in [0.25, 0.3) is 0 Å². The van der Waals surface area contributed by atoms with Gasteiger partial charge in [0.15, 0.2) is 17.5 Å². The maximum Gasteiger partial charge on any atom is 0.164 e. The van der Waals surface area contributed by atoms with Crippen LogP contribution in [0.3, 0.4) is 0 Å². The van der Waals surface area contributed by atoms with Gasteiger partial charge in [-0.3, -0.25) is 0 Å². The zero-order valence-corrected chi connectivity index (χ0v) is 36.6. The van der Waals surface area contributed by atoms with E-state index in [1.807, 2.05) is 55.4 Å². The summed E-state index contributed by atoms with van der Waals surface area (Å²) in [5.74, 6) is 2.01. The molecule has 0 amide bonds. The first-order valence-electron chi connectivity index (χ1n) is 21.2. The zero-order chi connectivity index (χ0) is 41.0. The summed E-state index contributed by atoms with van der Waals surface area (Å²) in [6.45, 7) is 26.9. The molecule has 5 aromatic carbocycles. The van der Waals surface area contributed by atoms with Crippen LogP contribution in [-0.4, -0.2) is 15.0 Å². The maximum atomic E-state index is 5.07. The maximum absolute atomic E-state index is 5.07. The molecule has 6 rings (SSSR count). The Kier molecular flexibility index (Phi) is 25.0. The molecule has 0 spiro atoms. The van der Waals surface area contributed by atoms with E-state index in [2.05, 4.69) is 156 Å². The number of hydrogen-bond acceptors (Lipinski definition) is 3. The molecule has 0 radical (unpaired) electrons. The minimum Gasteiger partial charge on any atom is -0.208 e. The molecular weight excluding hydrogens is 667 g/mol. The van der Waals surface area contributed by atoms with Crippen molar-refractivity contribution >= 4 is 0 Å². The van der Waals surface area contributed by atoms with Gasteiger partial charge in [-0.25, -0.2) is 15.0 Å². The number of hydrogen-bond donors (Lipinski definition) is 0. The quantitative estimate of drug-likeness (QED) is 0.140. The predicted molar refractivity (Wildman–Crippen MR) is 246 cm³/mol. The molecule has 0 fully saturated rings. The number of rotatable bonds is 10. The highest BCUT2D eigenvalue weighted by atomic mass is 15.0. The molecule has 0 aliphatic carbocycles. The molecule has 0 saturated carbocycles. The van der Waals surface area contributed by atoms with E-state index in [1.165, 1.54) is 47.9 Å². The van der Waals surface area contributed by atoms with E-state index < -0.39 is 0 Å². The van der Waals surface area contributed by atoms with E-state index in [-0.39, 0.29) is 0 Å². The molecule has 55 heavy (non-hydrogen) atoms. The van der Waals surface area contributed by atoms with E-state index in [4.69, 9.17) is 15.0 Å². The molecule has 0 saturated heterocycles. The average molecular weight is 738 g/mol. The zero-order valence-electron chi connectivity index (χ0n) is 36.6. The van der Waals surface area contributed by atoms with Crippen LogP contribution in [0.25, 0.3) is 56.4 Å². The lowest BCUT2D eigenvalue weighted by atomic mass is 9.95. The van der Waals surface area contributed by atoms with Crippen LogP contribution in [0, 0.1) is 6.92 Å². The third-order valence-corrected chi connectivity index (χ3v) is 8.47. The van der Waals surface area contributed by atoms with Crippen LogP contribution in [0.2, 0.25) is 0 Å². The van der Waals surface area contributed by atoms with Gasteiger partial charge in [-0.2, -0.15) is 0 Å². The van der Waals surface area contributed by atoms with Gasteiger partial charge < -0.3 is 0 Å². The van der Waals surface area contributed by atoms with Gasteiger partial charge >= 0.3 is 0 Å². The van der Waals surface area contributed by atoms with Gasteiger partial charge in [0, 0.05) is 16.7 Å². The van der Waals surface area contributed by atoms with Crippen LogP contribution in [-0.2, 0) is 12.8 Å². The minimum absolute atomic E-state index is 0.666. The van der Waals surface area contributed by atoms with Crippen molar-refractivity contribution in [2.24, 2.45) is 0 Å². The Labute approximate surface area is 336 Å². The largest absolute Gasteiger partial charge is 0.208 e. The molecule has 0 atom stereocenters. The number of benzene rings is 5. The molecular formula is C52H71N3. The summed E-state index contributed by atoms with van der Waals surface area (Å²) in [5.41, 5.74) is 11.4. The van der Waals surface area contributed by atoms with Gasteiger partial charge in [-0.05, 0) is 77.8 Å². The lowest BCUT2D eigenvalue weighted by Gasteiger charge is -2.13. The molecule has 6 aromatic rings. The highest BCUT2D eigenvalue weighted by Gasteiger charge is 2.15. The standard InChI is InChI=1S/C40H37N3.C4H10.4C2H6/c1-4-6-10-30-17-21-32(22-18-30)36-25-35(31-11-8-7-9-12-31)26-37(27-36)40-42-38(33-19-13-28(3)14-20-33)41-39(43-40)34-23-15-29(5-2)16-24-34;1-3-4-2;4*1-2/h7-9,11-27H,4-6,10H2,1-3H3;3-4H2,1-2H3;4*1-2H3. The van der Waals surface area contributed by atoms with Gasteiger partial charge in [-0.15, -0.1) is 0 Å². The topological polar surface area (TPSA) is 38.7 Å². The summed E-state index contributed by atoms with van der Waals surface area (Å²) in [4.78, 5) is 15.1. The molecule has 3 heteroatoms. The van der Waals surface area contributed by atoms with Crippen molar-refractivity contribution in [3.63, 3.8) is 0 Å². The fourth-order valence-electron chi connectivity index (χ4n) is 5.32. The Hall–Kier alpha value is -4.89. The molecule has 3 nitrogen and oxygen atoms in total. The number of nitrogens with zero attached hydrogens (tertiary/aromatic N) is 3. The lowest BCUT2D eigenvalue weighted by Crippen LogP contribution is -2.01. The van der Waals surface area contributed by atoms with Gasteiger partial charge in [-0.1, -0.05) is 211 Å². The van der Waals surface area contributed by atoms with Crippen LogP contribution >= 0.6 is 0 Å². The van der Waals surface area contributed by atoms with Crippen molar-refractivity contribution in [2.75, 3.05) is 0 Å². The SMILES string of the molecule is CC.CC.CC.CC.CCCC.CCCCc1ccc(-c2cc(-c3ccccc3)cc(-c3nc(-c4ccc(C)cc4)nc(-c4ccc(CC)cc4)n3)c2)cc1. The molecule has 294 valence electrons. The van der Waals surface area contributed by atoms with Crippen LogP contribution in [0.15, 0.2) is 121 Å². The monoisotopic (exact) mass is 738 g/mol. The number of aromatic nitrogens is 3. The summed E-state index contributed by atoms with van der Waals surface area (Å²) in [7, 11) is 0. The molecule has 0 N–H and O–H groups in total. The summed E-state index contributed by atoms with van der Waals surface area (Å²) < 4.78 is 0. The van der Waals surface area contributed by atoms with Gasteiger partial charge in [0.1, 0.15) is 0 Å². The third-order valence-electron chi connectivity index (χ3n) is 8.47. The van der Waals surface area contributed by atoms with Crippen LogP contribution in [0.4, 0.5) is 0 Å². The number of unbranched alkanes of at least 4 members (excludes halogenated alkanes) is 2. The highest BCUT2D eigenvalue weighted by molar-refractivity contribution is 5.80. The fourth-order valence-corrected chi connectivity index (χ4v) is 5.32. The second-order valence-corrected chi connectivity index (χ2v) is 12.2. The first-order chi connectivity index (χ1) is 27.0. The van der Waals surface area contributed by atoms with Gasteiger partial charge in [0.2, 0.25) is 0 Å². The first kappa shape index (κ1) is 48.1. The third kappa shape index (κ3) is 15.4. The second kappa shape index (κ2) is 28.5. The van der Waals surface area contributed by atoms with Crippen molar-refractivity contribution in [2.45, 2.75) is 129 Å². The van der Waals surface area contributed by atoms with E-state index in [0.29, 0.717) is 17.5 Å². The Balaban J connectivity index is 0.00000114. The Morgan fingerprint density at radius 3 is 1.18 bits per heavy atom. The Morgan fingerprint density at radius 1 is 0.364 bits per heavy atom. The van der Waals surface area contributed by atoms with E-state index in [1.54, 1.807) is 0 Å². The lowest BCUT2D eigenvalue weighted by molar-refractivity contribution is 0.795. The van der Waals surface area contributed by atoms with E-state index >= 15 is 0 Å². The molecule has 0 unspecified atom stereocenters. The highest BCUT2D eigenvalue weighted by Crippen LogP contribution is 2.33. The average Bonchev–Trinajstić information content (AvgIpc) is 3.29. The first-order valence-corrected chi connectivity index (χ1v) is 21.2. The van der Waals surface area contributed by atoms with Crippen molar-refractivity contribution in [3.8, 4) is 56.4 Å². The van der Waals surface area contributed by atoms with Crippen molar-refractivity contribution < 1.29 is 0 Å². The summed E-state index contributed by atoms with van der Waals surface area (Å²) in [6, 6.07) is 43.1. The summed E-state index contributed by atoms with van der Waals surface area (Å²) in [6.07, 6.45) is 7.15. The summed E-state index contributed by atoms with van der Waals surface area (Å²) >= 11 is 0. The van der Waals surface area contributed by atoms with Crippen LogP contribution in [0.5, 0.6) is 0 Å². The van der Waals surface area contributed by atoms with Gasteiger partial charge in [0.05, 0.1) is 0 Å². The van der Waals surface area contributed by atoms with Crippen LogP contribution in [0.1, 0.15) is 125 Å². The van der Waals surface area contributed by atoms with Crippen molar-refractivity contribution in [1.29, 1.82) is 0 Å². The molecule has 1 aromatic heterocycles. The molecule has 0 bridgehead atoms. The van der Waals surface area contributed by atoms with Crippen LogP contribution < -0.4 is 0 Å². The fraction of sp³-hybridized carbons (Fsp3) is 0.365. The predicted octanol–water partition coefficient (Wildman–Crippen LogP) is 16.3. The minimum atomic E-state index is 0.666. The van der Waals surface area contributed by atoms with E-state index in [0.717, 1.165) is 46.2 Å². The van der Waals surface area contributed by atoms with E-state index in [9.17, 15) is 0 Å². The Bertz CT molecular complexity index is 1840. The Morgan fingerprint density at radius 2 is 0.745 bits per heavy atom. The van der Waals surface area contributed by atoms with Crippen molar-refractivity contribution in [3.05, 3.63) is 138 Å². The molecule has 0 aliphatic rings. The summed E-state index contributed by atoms with van der Waals surface area (Å²) in [5, 5.41) is 0. The molecule has 0 aliphatic heterocycles. The smallest absolute Gasteiger partial charge is 0.164 e. The molecule has 1 heterocycles. The normalized spacial score (nSPS) is 9.62. The number of aryl methyl sites for hydroxylation is 3. The van der Waals surface area contributed by atoms with Crippen molar-refractivity contribution in [1.82, 2.24) is 15.0 Å².